The molecular weight excluding hydrogens is 226 g/mol. The van der Waals surface area contributed by atoms with Crippen molar-refractivity contribution in [3.63, 3.8) is 0 Å². The van der Waals surface area contributed by atoms with Gasteiger partial charge in [0.2, 0.25) is 0 Å². The normalized spacial score (nSPS) is 17.1. The number of nitrogens with one attached hydrogen (secondary N) is 2. The highest BCUT2D eigenvalue weighted by Crippen LogP contribution is 2.40. The summed E-state index contributed by atoms with van der Waals surface area (Å²) in [4.78, 5) is 8.52. The summed E-state index contributed by atoms with van der Waals surface area (Å²) in [6.07, 6.45) is 7.49. The van der Waals surface area contributed by atoms with Gasteiger partial charge >= 0.3 is 0 Å². The van der Waals surface area contributed by atoms with E-state index in [1.165, 1.54) is 19.3 Å². The Hall–Kier alpha value is -1.36. The van der Waals surface area contributed by atoms with Crippen molar-refractivity contribution in [1.82, 2.24) is 9.97 Å². The Morgan fingerprint density at radius 1 is 1.33 bits per heavy atom. The van der Waals surface area contributed by atoms with Gasteiger partial charge in [0.05, 0.1) is 0 Å². The van der Waals surface area contributed by atoms with Crippen molar-refractivity contribution >= 4 is 11.6 Å². The lowest BCUT2D eigenvalue weighted by Crippen LogP contribution is -2.33. The van der Waals surface area contributed by atoms with Crippen LogP contribution in [0.25, 0.3) is 0 Å². The van der Waals surface area contributed by atoms with E-state index in [1.54, 1.807) is 6.33 Å². The Labute approximate surface area is 109 Å². The van der Waals surface area contributed by atoms with Crippen LogP contribution in [-0.4, -0.2) is 16.5 Å². The third kappa shape index (κ3) is 2.72. The summed E-state index contributed by atoms with van der Waals surface area (Å²) in [5.41, 5.74) is 4.18. The molecule has 0 aromatic carbocycles. The molecule has 18 heavy (non-hydrogen) atoms. The number of aromatic nitrogens is 2. The van der Waals surface area contributed by atoms with Crippen molar-refractivity contribution in [2.24, 2.45) is 11.3 Å². The minimum atomic E-state index is 0.435. The van der Waals surface area contributed by atoms with Crippen molar-refractivity contribution in [2.45, 2.75) is 46.0 Å². The Morgan fingerprint density at radius 2 is 2.06 bits per heavy atom. The number of hydrazine groups is 1. The molecule has 4 N–H and O–H groups in total. The summed E-state index contributed by atoms with van der Waals surface area (Å²) in [6, 6.07) is 0. The van der Waals surface area contributed by atoms with Gasteiger partial charge in [-0.15, -0.1) is 0 Å². The second-order valence-electron chi connectivity index (χ2n) is 5.46. The Bertz CT molecular complexity index is 400. The van der Waals surface area contributed by atoms with E-state index in [4.69, 9.17) is 5.84 Å². The molecule has 1 aromatic heterocycles. The van der Waals surface area contributed by atoms with Crippen molar-refractivity contribution in [2.75, 3.05) is 17.3 Å². The second kappa shape index (κ2) is 5.52. The van der Waals surface area contributed by atoms with Crippen LogP contribution < -0.4 is 16.6 Å². The number of rotatable bonds is 6. The van der Waals surface area contributed by atoms with Gasteiger partial charge in [0.15, 0.2) is 0 Å². The molecule has 0 bridgehead atoms. The minimum Gasteiger partial charge on any atom is -0.369 e. The van der Waals surface area contributed by atoms with E-state index in [-0.39, 0.29) is 0 Å². The van der Waals surface area contributed by atoms with Crippen LogP contribution >= 0.6 is 0 Å². The lowest BCUT2D eigenvalue weighted by Gasteiger charge is -2.38. The standard InChI is InChI=1S/C13H23N5/c1-3-5-10-11(16-9-17-12(10)18-14)15-8-13(2)6-4-7-13/h9H,3-8,14H2,1-2H3,(H2,15,16,17,18). The highest BCUT2D eigenvalue weighted by molar-refractivity contribution is 5.57. The first-order valence-electron chi connectivity index (χ1n) is 6.73. The van der Waals surface area contributed by atoms with Crippen LogP contribution in [0.3, 0.4) is 0 Å². The molecule has 1 heterocycles. The van der Waals surface area contributed by atoms with Gasteiger partial charge in [0, 0.05) is 12.1 Å². The summed E-state index contributed by atoms with van der Waals surface area (Å²) in [5, 5.41) is 3.47. The molecule has 0 atom stereocenters. The summed E-state index contributed by atoms with van der Waals surface area (Å²) < 4.78 is 0. The van der Waals surface area contributed by atoms with Crippen molar-refractivity contribution in [1.29, 1.82) is 0 Å². The van der Waals surface area contributed by atoms with Crippen molar-refractivity contribution in [3.8, 4) is 0 Å². The molecule has 0 unspecified atom stereocenters. The Balaban J connectivity index is 2.10. The zero-order valence-corrected chi connectivity index (χ0v) is 11.3. The van der Waals surface area contributed by atoms with E-state index in [0.717, 1.165) is 36.6 Å². The second-order valence-corrected chi connectivity index (χ2v) is 5.46. The number of nitrogen functional groups attached to an aromatic ring is 1. The Kier molecular flexibility index (Phi) is 4.01. The SMILES string of the molecule is CCCc1c(NN)ncnc1NCC1(C)CCC1. The smallest absolute Gasteiger partial charge is 0.148 e. The number of hydrogen-bond acceptors (Lipinski definition) is 5. The van der Waals surface area contributed by atoms with Crippen LogP contribution in [0.2, 0.25) is 0 Å². The molecule has 1 aliphatic carbocycles. The van der Waals surface area contributed by atoms with Gasteiger partial charge in [0.25, 0.3) is 0 Å². The number of nitrogens with two attached hydrogens (primary N) is 1. The fourth-order valence-electron chi connectivity index (χ4n) is 2.43. The first kappa shape index (κ1) is 13.1. The summed E-state index contributed by atoms with van der Waals surface area (Å²) in [5.74, 6) is 7.15. The molecule has 0 spiro atoms. The monoisotopic (exact) mass is 249 g/mol. The largest absolute Gasteiger partial charge is 0.369 e. The molecule has 1 aliphatic rings. The predicted molar refractivity (Wildman–Crippen MR) is 74.3 cm³/mol. The number of anilines is 2. The van der Waals surface area contributed by atoms with E-state index < -0.39 is 0 Å². The quantitative estimate of drug-likeness (QED) is 0.533. The lowest BCUT2D eigenvalue weighted by molar-refractivity contribution is 0.179. The molecule has 5 heteroatoms. The maximum atomic E-state index is 5.50. The molecule has 1 aromatic rings. The highest BCUT2D eigenvalue weighted by Gasteiger charge is 2.31. The fraction of sp³-hybridized carbons (Fsp3) is 0.692. The van der Waals surface area contributed by atoms with Crippen LogP contribution in [0.1, 0.15) is 45.1 Å². The third-order valence-electron chi connectivity index (χ3n) is 3.83. The van der Waals surface area contributed by atoms with Gasteiger partial charge < -0.3 is 10.7 Å². The Morgan fingerprint density at radius 3 is 2.61 bits per heavy atom. The molecule has 0 saturated heterocycles. The molecule has 1 saturated carbocycles. The van der Waals surface area contributed by atoms with E-state index in [1.807, 2.05) is 0 Å². The first-order chi connectivity index (χ1) is 8.68. The zero-order valence-electron chi connectivity index (χ0n) is 11.3. The van der Waals surface area contributed by atoms with Crippen LogP contribution in [0.15, 0.2) is 6.33 Å². The van der Waals surface area contributed by atoms with Gasteiger partial charge in [-0.1, -0.05) is 26.7 Å². The van der Waals surface area contributed by atoms with Crippen molar-refractivity contribution in [3.05, 3.63) is 11.9 Å². The van der Waals surface area contributed by atoms with Gasteiger partial charge in [-0.2, -0.15) is 0 Å². The van der Waals surface area contributed by atoms with E-state index in [2.05, 4.69) is 34.6 Å². The molecule has 100 valence electrons. The molecule has 0 amide bonds. The van der Waals surface area contributed by atoms with Crippen LogP contribution in [0, 0.1) is 5.41 Å². The number of hydrogen-bond donors (Lipinski definition) is 3. The topological polar surface area (TPSA) is 75.9 Å². The average molecular weight is 249 g/mol. The van der Waals surface area contributed by atoms with E-state index in [0.29, 0.717) is 5.41 Å². The van der Waals surface area contributed by atoms with E-state index in [9.17, 15) is 0 Å². The average Bonchev–Trinajstić information content (AvgIpc) is 2.35. The van der Waals surface area contributed by atoms with Crippen molar-refractivity contribution < 1.29 is 0 Å². The fourth-order valence-corrected chi connectivity index (χ4v) is 2.43. The zero-order chi connectivity index (χ0) is 13.0. The third-order valence-corrected chi connectivity index (χ3v) is 3.83. The van der Waals surface area contributed by atoms with Gasteiger partial charge in [-0.05, 0) is 24.7 Å². The molecule has 5 nitrogen and oxygen atoms in total. The van der Waals surface area contributed by atoms with Crippen LogP contribution in [0.5, 0.6) is 0 Å². The van der Waals surface area contributed by atoms with Gasteiger partial charge in [0.1, 0.15) is 18.0 Å². The highest BCUT2D eigenvalue weighted by atomic mass is 15.3. The maximum Gasteiger partial charge on any atom is 0.148 e. The molecule has 0 radical (unpaired) electrons. The summed E-state index contributed by atoms with van der Waals surface area (Å²) >= 11 is 0. The number of nitrogens with zero attached hydrogens (tertiary/aromatic N) is 2. The summed E-state index contributed by atoms with van der Waals surface area (Å²) in [6.45, 7) is 5.45. The first-order valence-corrected chi connectivity index (χ1v) is 6.73. The minimum absolute atomic E-state index is 0.435. The maximum absolute atomic E-state index is 5.50. The molecular formula is C13H23N5. The molecule has 2 rings (SSSR count). The molecule has 1 fully saturated rings. The lowest BCUT2D eigenvalue weighted by atomic mass is 9.70. The van der Waals surface area contributed by atoms with Crippen LogP contribution in [0.4, 0.5) is 11.6 Å². The summed E-state index contributed by atoms with van der Waals surface area (Å²) in [7, 11) is 0. The predicted octanol–water partition coefficient (Wildman–Crippen LogP) is 2.32. The van der Waals surface area contributed by atoms with Gasteiger partial charge in [-0.25, -0.2) is 15.8 Å². The van der Waals surface area contributed by atoms with E-state index >= 15 is 0 Å². The molecule has 0 aliphatic heterocycles. The van der Waals surface area contributed by atoms with Gasteiger partial charge in [-0.3, -0.25) is 0 Å². The van der Waals surface area contributed by atoms with Crippen LogP contribution in [-0.2, 0) is 6.42 Å².